The van der Waals surface area contributed by atoms with Gasteiger partial charge in [-0.05, 0) is 6.07 Å². The number of fused-ring (bicyclic) bond motifs is 1. The molecule has 0 aliphatic rings. The van der Waals surface area contributed by atoms with Gasteiger partial charge in [0, 0.05) is 6.07 Å². The first-order valence-electron chi connectivity index (χ1n) is 4.21. The van der Waals surface area contributed by atoms with Crippen LogP contribution < -0.4 is 4.57 Å². The molecule has 0 atom stereocenters. The molecule has 0 unspecified atom stereocenters. The van der Waals surface area contributed by atoms with E-state index in [9.17, 15) is 25.2 Å². The van der Waals surface area contributed by atoms with Crippen molar-refractivity contribution in [2.24, 2.45) is 7.05 Å². The van der Waals surface area contributed by atoms with Crippen molar-refractivity contribution < 1.29 is 29.7 Å². The molecule has 1 aromatic carbocycles. The molecule has 1 aromatic heterocycles. The van der Waals surface area contributed by atoms with Gasteiger partial charge in [0.15, 0.2) is 0 Å². The Kier molecular flexibility index (Phi) is 4.13. The molecule has 0 amide bonds. The molecular weight excluding hydrogens is 299 g/mol. The summed E-state index contributed by atoms with van der Waals surface area (Å²) in [6.45, 7) is 0. The van der Waals surface area contributed by atoms with Gasteiger partial charge < -0.3 is 0 Å². The summed E-state index contributed by atoms with van der Waals surface area (Å²) in [6.07, 6.45) is 0. The predicted molar refractivity (Wildman–Crippen MR) is 63.3 cm³/mol. The first-order valence-corrected chi connectivity index (χ1v) is 7.12. The first kappa shape index (κ1) is 17.1. The second kappa shape index (κ2) is 4.35. The van der Waals surface area contributed by atoms with E-state index >= 15 is 0 Å². The molecule has 2 aromatic rings. The third-order valence-corrected chi connectivity index (χ3v) is 2.60. The fourth-order valence-electron chi connectivity index (χ4n) is 1.04. The van der Waals surface area contributed by atoms with Crippen LogP contribution in [0.2, 0.25) is 0 Å². The van der Waals surface area contributed by atoms with Crippen molar-refractivity contribution >= 4 is 29.4 Å². The van der Waals surface area contributed by atoms with Crippen LogP contribution in [0, 0.1) is 0 Å². The summed E-state index contributed by atoms with van der Waals surface area (Å²) >= 11 is 1.78. The van der Waals surface area contributed by atoms with Crippen LogP contribution in [0.15, 0.2) is 29.8 Å². The quantitative estimate of drug-likeness (QED) is 0.331. The van der Waals surface area contributed by atoms with Gasteiger partial charge in [0.2, 0.25) is 11.0 Å². The van der Waals surface area contributed by atoms with E-state index in [0.717, 1.165) is 0 Å². The topological polar surface area (TPSA) is 3.88 Å². The monoisotopic (exact) mass is 311 g/mol. The zero-order valence-corrected chi connectivity index (χ0v) is 10.2. The van der Waals surface area contributed by atoms with Crippen LogP contribution in [0.25, 0.3) is 10.2 Å². The Morgan fingerprint density at radius 2 is 1.44 bits per heavy atom. The summed E-state index contributed by atoms with van der Waals surface area (Å²) < 4.78 is 62.7. The maximum absolute atomic E-state index is 10.7. The minimum atomic E-state index is -10.7. The van der Waals surface area contributed by atoms with Crippen LogP contribution in [0.3, 0.4) is 0 Å². The SMILES string of the molecule is C.C[n+]1csc2ccccc21.F[P-](F)(F)(F)(F)F. The normalized spacial score (nSPS) is 14.8. The fourth-order valence-corrected chi connectivity index (χ4v) is 1.92. The number of nitrogens with zero attached hydrogens (tertiary/aromatic N) is 1. The van der Waals surface area contributed by atoms with Gasteiger partial charge >= 0.3 is 33.0 Å². The van der Waals surface area contributed by atoms with Gasteiger partial charge in [0.25, 0.3) is 0 Å². The number of benzene rings is 1. The number of aryl methyl sites for hydroxylation is 1. The van der Waals surface area contributed by atoms with E-state index in [-0.39, 0.29) is 7.43 Å². The first-order chi connectivity index (χ1) is 7.33. The van der Waals surface area contributed by atoms with E-state index in [1.54, 1.807) is 11.3 Å². The summed E-state index contributed by atoms with van der Waals surface area (Å²) in [5.74, 6) is 0. The van der Waals surface area contributed by atoms with E-state index in [1.165, 1.54) is 10.2 Å². The number of rotatable bonds is 0. The molecule has 106 valence electrons. The standard InChI is InChI=1S/C8H8NS.CH4.F6P/c1-9-6-10-8-5-3-2-4-7(8)9;;1-7(2,3,4,5)6/h2-6H,1H3;1H4;/q+1;;-1. The number of hydrogen-bond acceptors (Lipinski definition) is 1. The summed E-state index contributed by atoms with van der Waals surface area (Å²) in [6, 6.07) is 8.40. The molecule has 0 N–H and O–H groups in total. The third-order valence-electron chi connectivity index (χ3n) is 1.58. The molecule has 0 fully saturated rings. The summed E-state index contributed by atoms with van der Waals surface area (Å²) in [4.78, 5) is 0. The number of halogens is 6. The number of hydrogen-bond donors (Lipinski definition) is 0. The minimum absolute atomic E-state index is 0. The van der Waals surface area contributed by atoms with Gasteiger partial charge in [0.05, 0.1) is 0 Å². The van der Waals surface area contributed by atoms with E-state index < -0.39 is 7.81 Å². The molecular formula is C9H12F6NPS. The van der Waals surface area contributed by atoms with Crippen molar-refractivity contribution in [3.05, 3.63) is 29.8 Å². The Morgan fingerprint density at radius 3 is 1.89 bits per heavy atom. The number of para-hydroxylation sites is 1. The Labute approximate surface area is 104 Å². The van der Waals surface area contributed by atoms with Crippen molar-refractivity contribution in [3.8, 4) is 0 Å². The predicted octanol–water partition coefficient (Wildman–Crippen LogP) is 5.74. The Balaban J connectivity index is 0.000000326. The van der Waals surface area contributed by atoms with Crippen molar-refractivity contribution in [3.63, 3.8) is 0 Å². The number of thiazole rings is 1. The van der Waals surface area contributed by atoms with Gasteiger partial charge in [-0.15, -0.1) is 0 Å². The summed E-state index contributed by atoms with van der Waals surface area (Å²) in [7, 11) is -8.59. The van der Waals surface area contributed by atoms with Crippen LogP contribution in [-0.4, -0.2) is 0 Å². The molecule has 0 aliphatic carbocycles. The molecule has 1 heterocycles. The average Bonchev–Trinajstić information content (AvgIpc) is 2.43. The molecule has 9 heteroatoms. The summed E-state index contributed by atoms with van der Waals surface area (Å²) in [5, 5.41) is 0. The van der Waals surface area contributed by atoms with E-state index in [1.807, 2.05) is 0 Å². The third kappa shape index (κ3) is 8.25. The average molecular weight is 311 g/mol. The van der Waals surface area contributed by atoms with Crippen LogP contribution in [-0.2, 0) is 7.05 Å². The molecule has 0 saturated heterocycles. The second-order valence-electron chi connectivity index (χ2n) is 3.26. The molecule has 0 radical (unpaired) electrons. The van der Waals surface area contributed by atoms with Gasteiger partial charge in [-0.1, -0.05) is 30.9 Å². The zero-order chi connectivity index (χ0) is 13.4. The van der Waals surface area contributed by atoms with Crippen LogP contribution >= 0.6 is 19.1 Å². The van der Waals surface area contributed by atoms with Crippen molar-refractivity contribution in [1.82, 2.24) is 0 Å². The van der Waals surface area contributed by atoms with Crippen LogP contribution in [0.4, 0.5) is 25.2 Å². The molecule has 0 spiro atoms. The Hall–Kier alpha value is -0.880. The zero-order valence-electron chi connectivity index (χ0n) is 8.46. The second-order valence-corrected chi connectivity index (χ2v) is 6.06. The Morgan fingerprint density at radius 1 is 1.00 bits per heavy atom. The van der Waals surface area contributed by atoms with Crippen molar-refractivity contribution in [1.29, 1.82) is 0 Å². The van der Waals surface area contributed by atoms with Crippen molar-refractivity contribution in [2.75, 3.05) is 0 Å². The maximum atomic E-state index is 9.87. The van der Waals surface area contributed by atoms with E-state index in [2.05, 4.69) is 41.4 Å². The van der Waals surface area contributed by atoms with Crippen molar-refractivity contribution in [2.45, 2.75) is 7.43 Å². The molecule has 2 rings (SSSR count). The fraction of sp³-hybridized carbons (Fsp3) is 0.222. The van der Waals surface area contributed by atoms with E-state index in [0.29, 0.717) is 0 Å². The molecule has 18 heavy (non-hydrogen) atoms. The summed E-state index contributed by atoms with van der Waals surface area (Å²) in [5.41, 5.74) is 3.43. The van der Waals surface area contributed by atoms with Gasteiger partial charge in [-0.3, -0.25) is 0 Å². The van der Waals surface area contributed by atoms with Gasteiger partial charge in [-0.25, -0.2) is 0 Å². The van der Waals surface area contributed by atoms with Crippen LogP contribution in [0.5, 0.6) is 0 Å². The molecule has 0 bridgehead atoms. The number of aromatic nitrogens is 1. The molecule has 0 aliphatic heterocycles. The van der Waals surface area contributed by atoms with E-state index in [4.69, 9.17) is 0 Å². The molecule has 1 nitrogen and oxygen atoms in total. The van der Waals surface area contributed by atoms with Crippen LogP contribution in [0.1, 0.15) is 7.43 Å². The molecule has 0 saturated carbocycles. The van der Waals surface area contributed by atoms with Gasteiger partial charge in [0.1, 0.15) is 11.7 Å². The Bertz CT molecular complexity index is 520. The van der Waals surface area contributed by atoms with Gasteiger partial charge in [-0.2, -0.15) is 4.57 Å².